The predicted octanol–water partition coefficient (Wildman–Crippen LogP) is 2.18. The Hall–Kier alpha value is -2.60. The van der Waals surface area contributed by atoms with Crippen LogP contribution in [0.4, 0.5) is 5.69 Å². The lowest BCUT2D eigenvalue weighted by molar-refractivity contribution is -0.297. The summed E-state index contributed by atoms with van der Waals surface area (Å²) in [7, 11) is -3.74. The van der Waals surface area contributed by atoms with Crippen molar-refractivity contribution < 1.29 is 18.3 Å². The summed E-state index contributed by atoms with van der Waals surface area (Å²) in [5, 5.41) is 10.5. The standard InChI is InChI=1S/C18H19NO4S/c1-12-9-13(2)18(14(3)10-12)24(22,23)19-16-6-4-5-15(11-16)7-8-17(20)21/h4-11,19H,1-3H3,(H,20,21)/p-1/b8-7+. The molecule has 1 N–H and O–H groups in total. The van der Waals surface area contributed by atoms with E-state index in [4.69, 9.17) is 0 Å². The highest BCUT2D eigenvalue weighted by Crippen LogP contribution is 2.24. The second-order valence-electron chi connectivity index (χ2n) is 5.61. The van der Waals surface area contributed by atoms with Gasteiger partial charge >= 0.3 is 0 Å². The molecular formula is C18H18NO4S-. The molecule has 24 heavy (non-hydrogen) atoms. The lowest BCUT2D eigenvalue weighted by atomic mass is 10.1. The molecule has 0 unspecified atom stereocenters. The van der Waals surface area contributed by atoms with Crippen molar-refractivity contribution in [2.75, 3.05) is 4.72 Å². The number of carboxylic acid groups (broad SMARTS) is 1. The summed E-state index contributed by atoms with van der Waals surface area (Å²) in [5.74, 6) is -1.31. The number of aliphatic carboxylic acids is 1. The van der Waals surface area contributed by atoms with Crippen LogP contribution in [0.3, 0.4) is 0 Å². The summed E-state index contributed by atoms with van der Waals surface area (Å²) >= 11 is 0. The first-order chi connectivity index (χ1) is 11.2. The Morgan fingerprint density at radius 3 is 2.29 bits per heavy atom. The van der Waals surface area contributed by atoms with Crippen molar-refractivity contribution in [3.63, 3.8) is 0 Å². The number of benzene rings is 2. The number of carbonyl (C=O) groups excluding carboxylic acids is 1. The fraction of sp³-hybridized carbons (Fsp3) is 0.167. The van der Waals surface area contributed by atoms with E-state index < -0.39 is 16.0 Å². The zero-order valence-corrected chi connectivity index (χ0v) is 14.5. The summed E-state index contributed by atoms with van der Waals surface area (Å²) in [6.07, 6.45) is 2.23. The maximum absolute atomic E-state index is 12.7. The monoisotopic (exact) mass is 344 g/mol. The van der Waals surface area contributed by atoms with Crippen LogP contribution in [0.25, 0.3) is 6.08 Å². The predicted molar refractivity (Wildman–Crippen MR) is 91.9 cm³/mol. The minimum atomic E-state index is -3.74. The molecule has 0 aliphatic heterocycles. The minimum absolute atomic E-state index is 0.254. The van der Waals surface area contributed by atoms with E-state index in [-0.39, 0.29) is 4.90 Å². The van der Waals surface area contributed by atoms with Crippen molar-refractivity contribution in [2.45, 2.75) is 25.7 Å². The number of nitrogens with one attached hydrogen (secondary N) is 1. The molecule has 2 aromatic carbocycles. The molecule has 2 rings (SSSR count). The number of anilines is 1. The number of carbonyl (C=O) groups is 1. The molecule has 0 aliphatic rings. The van der Waals surface area contributed by atoms with E-state index in [1.54, 1.807) is 38.1 Å². The molecule has 0 saturated carbocycles. The van der Waals surface area contributed by atoms with Crippen LogP contribution in [0.15, 0.2) is 47.4 Å². The fourth-order valence-electron chi connectivity index (χ4n) is 2.67. The van der Waals surface area contributed by atoms with E-state index in [2.05, 4.69) is 4.72 Å². The van der Waals surface area contributed by atoms with Gasteiger partial charge in [-0.05, 0) is 55.7 Å². The number of hydrogen-bond donors (Lipinski definition) is 1. The normalized spacial score (nSPS) is 11.6. The van der Waals surface area contributed by atoms with Gasteiger partial charge in [0.15, 0.2) is 0 Å². The average molecular weight is 344 g/mol. The SMILES string of the molecule is Cc1cc(C)c(S(=O)(=O)Nc2cccc(/C=C/C(=O)[O-])c2)c(C)c1. The molecule has 0 saturated heterocycles. The minimum Gasteiger partial charge on any atom is -0.545 e. The van der Waals surface area contributed by atoms with Crippen LogP contribution >= 0.6 is 0 Å². The molecule has 0 atom stereocenters. The summed E-state index contributed by atoms with van der Waals surface area (Å²) < 4.78 is 27.9. The fourth-order valence-corrected chi connectivity index (χ4v) is 4.17. The largest absolute Gasteiger partial charge is 0.545 e. The molecule has 0 aliphatic carbocycles. The highest BCUT2D eigenvalue weighted by Gasteiger charge is 2.20. The van der Waals surface area contributed by atoms with Crippen molar-refractivity contribution >= 4 is 27.8 Å². The third-order valence-corrected chi connectivity index (χ3v) is 5.11. The molecule has 2 aromatic rings. The Balaban J connectivity index is 2.37. The van der Waals surface area contributed by atoms with Crippen LogP contribution in [0.1, 0.15) is 22.3 Å². The zero-order valence-electron chi connectivity index (χ0n) is 13.7. The van der Waals surface area contributed by atoms with Gasteiger partial charge in [-0.2, -0.15) is 0 Å². The van der Waals surface area contributed by atoms with Crippen molar-refractivity contribution in [1.82, 2.24) is 0 Å². The van der Waals surface area contributed by atoms with Crippen LogP contribution in [0.2, 0.25) is 0 Å². The van der Waals surface area contributed by atoms with Gasteiger partial charge in [-0.25, -0.2) is 8.42 Å². The van der Waals surface area contributed by atoms with E-state index in [0.29, 0.717) is 22.4 Å². The topological polar surface area (TPSA) is 86.3 Å². The molecule has 0 fully saturated rings. The summed E-state index contributed by atoms with van der Waals surface area (Å²) in [4.78, 5) is 10.7. The summed E-state index contributed by atoms with van der Waals surface area (Å²) in [6, 6.07) is 10.1. The second kappa shape index (κ2) is 6.88. The molecule has 0 amide bonds. The molecular weight excluding hydrogens is 326 g/mol. The van der Waals surface area contributed by atoms with Gasteiger partial charge < -0.3 is 9.90 Å². The van der Waals surface area contributed by atoms with Crippen LogP contribution in [0, 0.1) is 20.8 Å². The average Bonchev–Trinajstić information content (AvgIpc) is 2.43. The van der Waals surface area contributed by atoms with Gasteiger partial charge in [-0.15, -0.1) is 0 Å². The highest BCUT2D eigenvalue weighted by atomic mass is 32.2. The Labute approximate surface area is 141 Å². The lowest BCUT2D eigenvalue weighted by Gasteiger charge is -2.14. The van der Waals surface area contributed by atoms with Gasteiger partial charge in [0.25, 0.3) is 10.0 Å². The van der Waals surface area contributed by atoms with Gasteiger partial charge in [-0.3, -0.25) is 4.72 Å². The summed E-state index contributed by atoms with van der Waals surface area (Å²) in [5.41, 5.74) is 3.26. The van der Waals surface area contributed by atoms with E-state index in [9.17, 15) is 18.3 Å². The van der Waals surface area contributed by atoms with Crippen molar-refractivity contribution in [3.05, 3.63) is 64.7 Å². The number of aryl methyl sites for hydroxylation is 3. The van der Waals surface area contributed by atoms with Crippen molar-refractivity contribution in [3.8, 4) is 0 Å². The van der Waals surface area contributed by atoms with Gasteiger partial charge in [0.05, 0.1) is 10.9 Å². The third kappa shape index (κ3) is 4.23. The van der Waals surface area contributed by atoms with Gasteiger partial charge in [0.2, 0.25) is 0 Å². The quantitative estimate of drug-likeness (QED) is 0.842. The van der Waals surface area contributed by atoms with Crippen LogP contribution in [-0.4, -0.2) is 14.4 Å². The van der Waals surface area contributed by atoms with Gasteiger partial charge in [0.1, 0.15) is 0 Å². The first-order valence-electron chi connectivity index (χ1n) is 7.29. The molecule has 126 valence electrons. The van der Waals surface area contributed by atoms with Crippen LogP contribution < -0.4 is 9.83 Å². The molecule has 5 nitrogen and oxygen atoms in total. The summed E-state index contributed by atoms with van der Waals surface area (Å²) in [6.45, 7) is 5.43. The third-order valence-electron chi connectivity index (χ3n) is 3.42. The highest BCUT2D eigenvalue weighted by molar-refractivity contribution is 7.92. The number of sulfonamides is 1. The first kappa shape index (κ1) is 17.7. The number of rotatable bonds is 5. The van der Waals surface area contributed by atoms with E-state index >= 15 is 0 Å². The molecule has 0 spiro atoms. The van der Waals surface area contributed by atoms with Gasteiger partial charge in [-0.1, -0.05) is 35.9 Å². The zero-order chi connectivity index (χ0) is 17.9. The van der Waals surface area contributed by atoms with Crippen LogP contribution in [0.5, 0.6) is 0 Å². The molecule has 0 bridgehead atoms. The van der Waals surface area contributed by atoms with E-state index in [0.717, 1.165) is 11.6 Å². The maximum Gasteiger partial charge on any atom is 0.262 e. The number of hydrogen-bond acceptors (Lipinski definition) is 4. The van der Waals surface area contributed by atoms with Crippen LogP contribution in [-0.2, 0) is 14.8 Å². The molecule has 0 aromatic heterocycles. The second-order valence-corrected chi connectivity index (χ2v) is 7.23. The Kier molecular flexibility index (Phi) is 5.09. The Morgan fingerprint density at radius 1 is 1.08 bits per heavy atom. The molecule has 6 heteroatoms. The molecule has 0 heterocycles. The van der Waals surface area contributed by atoms with Gasteiger partial charge in [0, 0.05) is 5.69 Å². The maximum atomic E-state index is 12.7. The Bertz CT molecular complexity index is 891. The smallest absolute Gasteiger partial charge is 0.262 e. The number of carboxylic acids is 1. The lowest BCUT2D eigenvalue weighted by Crippen LogP contribution is -2.18. The van der Waals surface area contributed by atoms with Crippen molar-refractivity contribution in [1.29, 1.82) is 0 Å². The van der Waals surface area contributed by atoms with E-state index in [1.165, 1.54) is 6.08 Å². The van der Waals surface area contributed by atoms with Crippen molar-refractivity contribution in [2.24, 2.45) is 0 Å². The Morgan fingerprint density at radius 2 is 1.71 bits per heavy atom. The van der Waals surface area contributed by atoms with E-state index in [1.807, 2.05) is 19.1 Å². The molecule has 0 radical (unpaired) electrons. The first-order valence-corrected chi connectivity index (χ1v) is 8.77.